The highest BCUT2D eigenvalue weighted by molar-refractivity contribution is 5.94. The van der Waals surface area contributed by atoms with Crippen LogP contribution in [0, 0.1) is 11.7 Å². The van der Waals surface area contributed by atoms with Gasteiger partial charge in [-0.15, -0.1) is 0 Å². The average molecular weight is 384 g/mol. The van der Waals surface area contributed by atoms with Crippen LogP contribution in [0.25, 0.3) is 0 Å². The number of halogens is 1. The van der Waals surface area contributed by atoms with Crippen molar-refractivity contribution in [2.75, 3.05) is 18.4 Å². The molecule has 0 saturated carbocycles. The van der Waals surface area contributed by atoms with Crippen LogP contribution in [0.4, 0.5) is 10.1 Å². The molecule has 0 spiro atoms. The Balaban J connectivity index is 1.60. The second kappa shape index (κ2) is 8.65. The summed E-state index contributed by atoms with van der Waals surface area (Å²) in [7, 11) is 0. The molecule has 1 fully saturated rings. The third kappa shape index (κ3) is 4.94. The first-order valence-corrected chi connectivity index (χ1v) is 9.06. The van der Waals surface area contributed by atoms with Gasteiger partial charge in [-0.1, -0.05) is 0 Å². The number of hydrogen-bond donors (Lipinski definition) is 1. The van der Waals surface area contributed by atoms with Gasteiger partial charge < -0.3 is 15.0 Å². The molecule has 1 unspecified atom stereocenters. The second-order valence-corrected chi connectivity index (χ2v) is 6.72. The number of rotatable bonds is 4. The zero-order chi connectivity index (χ0) is 20.1. The molecule has 2 aromatic rings. The number of esters is 1. The van der Waals surface area contributed by atoms with Gasteiger partial charge in [0.2, 0.25) is 5.91 Å². The summed E-state index contributed by atoms with van der Waals surface area (Å²) in [5.74, 6) is -1.26. The van der Waals surface area contributed by atoms with E-state index in [0.29, 0.717) is 36.4 Å². The van der Waals surface area contributed by atoms with Crippen molar-refractivity contribution in [1.82, 2.24) is 4.90 Å². The molecule has 6 nitrogen and oxygen atoms in total. The monoisotopic (exact) mass is 384 g/mol. The van der Waals surface area contributed by atoms with E-state index in [-0.39, 0.29) is 18.4 Å². The summed E-state index contributed by atoms with van der Waals surface area (Å²) in [6.07, 6.45) is 1.32. The van der Waals surface area contributed by atoms with Crippen molar-refractivity contribution in [2.24, 2.45) is 5.92 Å². The first-order valence-electron chi connectivity index (χ1n) is 9.06. The van der Waals surface area contributed by atoms with Crippen LogP contribution in [0.5, 0.6) is 5.75 Å². The SMILES string of the molecule is CC(=O)Nc1ccc(OC(=O)C2CCCN(C(=O)c3ccc(F)cc3)C2)cc1. The van der Waals surface area contributed by atoms with Crippen molar-refractivity contribution < 1.29 is 23.5 Å². The topological polar surface area (TPSA) is 75.7 Å². The van der Waals surface area contributed by atoms with Gasteiger partial charge in [0.15, 0.2) is 0 Å². The highest BCUT2D eigenvalue weighted by Gasteiger charge is 2.30. The van der Waals surface area contributed by atoms with Gasteiger partial charge >= 0.3 is 5.97 Å². The fraction of sp³-hybridized carbons (Fsp3) is 0.286. The zero-order valence-corrected chi connectivity index (χ0v) is 15.5. The van der Waals surface area contributed by atoms with Gasteiger partial charge in [-0.05, 0) is 61.4 Å². The molecule has 1 aliphatic rings. The fourth-order valence-corrected chi connectivity index (χ4v) is 3.14. The number of hydrogen-bond acceptors (Lipinski definition) is 4. The van der Waals surface area contributed by atoms with Crippen molar-refractivity contribution in [3.63, 3.8) is 0 Å². The summed E-state index contributed by atoms with van der Waals surface area (Å²) < 4.78 is 18.5. The molecule has 3 rings (SSSR count). The van der Waals surface area contributed by atoms with E-state index in [0.717, 1.165) is 0 Å². The lowest BCUT2D eigenvalue weighted by Crippen LogP contribution is -2.43. The number of anilines is 1. The number of piperidine rings is 1. The van der Waals surface area contributed by atoms with Crippen molar-refractivity contribution in [3.8, 4) is 5.75 Å². The number of likely N-dealkylation sites (tertiary alicyclic amines) is 1. The van der Waals surface area contributed by atoms with Gasteiger partial charge in [0, 0.05) is 31.3 Å². The van der Waals surface area contributed by atoms with Crippen LogP contribution >= 0.6 is 0 Å². The maximum Gasteiger partial charge on any atom is 0.316 e. The average Bonchev–Trinajstić information content (AvgIpc) is 2.69. The lowest BCUT2D eigenvalue weighted by atomic mass is 9.97. The Morgan fingerprint density at radius 1 is 1.07 bits per heavy atom. The molecule has 0 radical (unpaired) electrons. The predicted octanol–water partition coefficient (Wildman–Crippen LogP) is 3.24. The second-order valence-electron chi connectivity index (χ2n) is 6.72. The van der Waals surface area contributed by atoms with E-state index >= 15 is 0 Å². The molecule has 0 bridgehead atoms. The van der Waals surface area contributed by atoms with Gasteiger partial charge in [-0.2, -0.15) is 0 Å². The zero-order valence-electron chi connectivity index (χ0n) is 15.5. The van der Waals surface area contributed by atoms with Crippen LogP contribution in [0.2, 0.25) is 0 Å². The Hall–Kier alpha value is -3.22. The quantitative estimate of drug-likeness (QED) is 0.649. The molecular formula is C21H21FN2O4. The molecule has 1 aliphatic heterocycles. The smallest absolute Gasteiger partial charge is 0.316 e. The molecule has 2 aromatic carbocycles. The molecule has 2 amide bonds. The molecule has 28 heavy (non-hydrogen) atoms. The van der Waals surface area contributed by atoms with Gasteiger partial charge in [0.1, 0.15) is 11.6 Å². The van der Waals surface area contributed by atoms with Crippen LogP contribution in [0.1, 0.15) is 30.1 Å². The third-order valence-corrected chi connectivity index (χ3v) is 4.53. The number of ether oxygens (including phenoxy) is 1. The third-order valence-electron chi connectivity index (χ3n) is 4.53. The van der Waals surface area contributed by atoms with Crippen LogP contribution in [0.15, 0.2) is 48.5 Å². The lowest BCUT2D eigenvalue weighted by Gasteiger charge is -2.31. The van der Waals surface area contributed by atoms with Crippen molar-refractivity contribution >= 4 is 23.5 Å². The van der Waals surface area contributed by atoms with Crippen LogP contribution in [-0.4, -0.2) is 35.8 Å². The number of carbonyl (C=O) groups excluding carboxylic acids is 3. The summed E-state index contributed by atoms with van der Waals surface area (Å²) >= 11 is 0. The molecule has 1 N–H and O–H groups in total. The van der Waals surface area contributed by atoms with E-state index in [1.165, 1.54) is 31.2 Å². The summed E-state index contributed by atoms with van der Waals surface area (Å²) in [5.41, 5.74) is 1.00. The van der Waals surface area contributed by atoms with Crippen molar-refractivity contribution in [2.45, 2.75) is 19.8 Å². The minimum absolute atomic E-state index is 0.183. The van der Waals surface area contributed by atoms with Crippen molar-refractivity contribution in [3.05, 3.63) is 59.9 Å². The summed E-state index contributed by atoms with van der Waals surface area (Å²) in [6, 6.07) is 11.9. The van der Waals surface area contributed by atoms with E-state index < -0.39 is 17.7 Å². The number of amides is 2. The molecular weight excluding hydrogens is 363 g/mol. The van der Waals surface area contributed by atoms with Crippen LogP contribution in [-0.2, 0) is 9.59 Å². The van der Waals surface area contributed by atoms with Crippen LogP contribution in [0.3, 0.4) is 0 Å². The molecule has 1 atom stereocenters. The maximum absolute atomic E-state index is 13.0. The van der Waals surface area contributed by atoms with Gasteiger partial charge in [0.05, 0.1) is 5.92 Å². The molecule has 1 heterocycles. The molecule has 146 valence electrons. The minimum atomic E-state index is -0.423. The predicted molar refractivity (Wildman–Crippen MR) is 101 cm³/mol. The van der Waals surface area contributed by atoms with Gasteiger partial charge in [-0.3, -0.25) is 14.4 Å². The first kappa shape index (κ1) is 19.5. The van der Waals surface area contributed by atoms with Gasteiger partial charge in [-0.25, -0.2) is 4.39 Å². The Labute approximate surface area is 162 Å². The summed E-state index contributed by atoms with van der Waals surface area (Å²) in [4.78, 5) is 37.7. The Morgan fingerprint density at radius 3 is 2.39 bits per heavy atom. The fourth-order valence-electron chi connectivity index (χ4n) is 3.14. The Bertz CT molecular complexity index is 865. The van der Waals surface area contributed by atoms with E-state index in [1.54, 1.807) is 29.2 Å². The summed E-state index contributed by atoms with van der Waals surface area (Å²) in [5, 5.41) is 2.64. The van der Waals surface area contributed by atoms with Crippen LogP contribution < -0.4 is 10.1 Å². The lowest BCUT2D eigenvalue weighted by molar-refractivity contribution is -0.140. The van der Waals surface area contributed by atoms with E-state index in [9.17, 15) is 18.8 Å². The first-order chi connectivity index (χ1) is 13.4. The highest BCUT2D eigenvalue weighted by Crippen LogP contribution is 2.22. The largest absolute Gasteiger partial charge is 0.426 e. The normalized spacial score (nSPS) is 16.4. The molecule has 1 saturated heterocycles. The van der Waals surface area contributed by atoms with E-state index in [4.69, 9.17) is 4.74 Å². The highest BCUT2D eigenvalue weighted by atomic mass is 19.1. The number of benzene rings is 2. The standard InChI is InChI=1S/C21H21FN2O4/c1-14(25)23-18-8-10-19(11-9-18)28-21(27)16-3-2-12-24(13-16)20(26)15-4-6-17(22)7-5-15/h4-11,16H,2-3,12-13H2,1H3,(H,23,25). The number of carbonyl (C=O) groups is 3. The van der Waals surface area contributed by atoms with E-state index in [2.05, 4.69) is 5.32 Å². The van der Waals surface area contributed by atoms with E-state index in [1.807, 2.05) is 0 Å². The Morgan fingerprint density at radius 2 is 1.75 bits per heavy atom. The molecule has 7 heteroatoms. The molecule has 0 aromatic heterocycles. The number of nitrogens with zero attached hydrogens (tertiary/aromatic N) is 1. The minimum Gasteiger partial charge on any atom is -0.426 e. The Kier molecular flexibility index (Phi) is 6.03. The van der Waals surface area contributed by atoms with Crippen molar-refractivity contribution in [1.29, 1.82) is 0 Å². The van der Waals surface area contributed by atoms with Gasteiger partial charge in [0.25, 0.3) is 5.91 Å². The maximum atomic E-state index is 13.0. The number of nitrogens with one attached hydrogen (secondary N) is 1. The summed E-state index contributed by atoms with van der Waals surface area (Å²) in [6.45, 7) is 2.22. The molecule has 0 aliphatic carbocycles.